The van der Waals surface area contributed by atoms with Gasteiger partial charge in [0, 0.05) is 54.8 Å². The lowest BCUT2D eigenvalue weighted by Gasteiger charge is -2.42. The highest BCUT2D eigenvalue weighted by atomic mass is 19.1. The number of piperazine rings is 1. The van der Waals surface area contributed by atoms with Gasteiger partial charge in [-0.3, -0.25) is 4.90 Å². The standard InChI is InChI=1S/C33H43FN6O2/c1-2-25-27(34)8-5-21-15-24(41)16-29(30(21)25)38-14-9-26-28(19-38)36-32(42-20-33-10-3-12-40(33)13-4-11-33)37-31(26)39-17-22-6-7-23(18-39)35-22/h5,8,15-16,21-23,30,35,41H,2-4,6-7,9-14,17-20H2,1H3. The van der Waals surface area contributed by atoms with Gasteiger partial charge in [0.2, 0.25) is 0 Å². The van der Waals surface area contributed by atoms with Gasteiger partial charge in [-0.1, -0.05) is 13.0 Å². The van der Waals surface area contributed by atoms with Crippen molar-refractivity contribution in [2.24, 2.45) is 11.8 Å². The summed E-state index contributed by atoms with van der Waals surface area (Å²) in [6.07, 6.45) is 15.9. The molecule has 0 radical (unpaired) electrons. The predicted molar refractivity (Wildman–Crippen MR) is 160 cm³/mol. The largest absolute Gasteiger partial charge is 0.508 e. The Labute approximate surface area is 248 Å². The number of aliphatic hydroxyl groups excluding tert-OH is 1. The van der Waals surface area contributed by atoms with Gasteiger partial charge >= 0.3 is 6.01 Å². The van der Waals surface area contributed by atoms with E-state index in [1.54, 1.807) is 6.08 Å². The molecule has 7 aliphatic rings. The Balaban J connectivity index is 1.12. The van der Waals surface area contributed by atoms with Crippen molar-refractivity contribution in [2.45, 2.75) is 82.5 Å². The van der Waals surface area contributed by atoms with Crippen molar-refractivity contribution in [2.75, 3.05) is 44.2 Å². The number of allylic oxidation sites excluding steroid dienone is 6. The van der Waals surface area contributed by atoms with E-state index in [4.69, 9.17) is 14.7 Å². The van der Waals surface area contributed by atoms with E-state index in [2.05, 4.69) is 20.0 Å². The number of aliphatic hydroxyl groups is 1. The summed E-state index contributed by atoms with van der Waals surface area (Å²) >= 11 is 0. The molecule has 2 bridgehead atoms. The van der Waals surface area contributed by atoms with Gasteiger partial charge in [-0.25, -0.2) is 4.39 Å². The zero-order valence-corrected chi connectivity index (χ0v) is 24.7. The van der Waals surface area contributed by atoms with E-state index in [-0.39, 0.29) is 29.0 Å². The Hall–Kier alpha value is -2.91. The molecule has 0 spiro atoms. The molecule has 4 saturated heterocycles. The van der Waals surface area contributed by atoms with Gasteiger partial charge in [0.25, 0.3) is 0 Å². The lowest BCUT2D eigenvalue weighted by atomic mass is 9.75. The zero-order valence-electron chi connectivity index (χ0n) is 24.7. The Morgan fingerprint density at radius 2 is 1.88 bits per heavy atom. The van der Waals surface area contributed by atoms with Crippen molar-refractivity contribution in [3.63, 3.8) is 0 Å². The first-order chi connectivity index (χ1) is 20.5. The topological polar surface area (TPSA) is 77.0 Å². The van der Waals surface area contributed by atoms with Gasteiger partial charge in [-0.05, 0) is 88.3 Å². The third-order valence-electron chi connectivity index (χ3n) is 11.1. The summed E-state index contributed by atoms with van der Waals surface area (Å²) in [7, 11) is 0. The minimum Gasteiger partial charge on any atom is -0.508 e. The van der Waals surface area contributed by atoms with Gasteiger partial charge in [-0.2, -0.15) is 9.97 Å². The fourth-order valence-corrected chi connectivity index (χ4v) is 9.05. The Morgan fingerprint density at radius 1 is 1.10 bits per heavy atom. The fraction of sp³-hybridized carbons (Fsp3) is 0.636. The molecule has 4 atom stereocenters. The van der Waals surface area contributed by atoms with Crippen molar-refractivity contribution in [3.8, 4) is 6.01 Å². The molecule has 4 fully saturated rings. The van der Waals surface area contributed by atoms with E-state index in [9.17, 15) is 9.50 Å². The van der Waals surface area contributed by atoms with Crippen LogP contribution in [0.25, 0.3) is 0 Å². The van der Waals surface area contributed by atoms with Crippen molar-refractivity contribution >= 4 is 5.82 Å². The van der Waals surface area contributed by atoms with Crippen LogP contribution in [0.1, 0.15) is 63.1 Å². The van der Waals surface area contributed by atoms with E-state index in [0.717, 1.165) is 48.8 Å². The molecule has 0 saturated carbocycles. The van der Waals surface area contributed by atoms with Crippen LogP contribution in [0.15, 0.2) is 47.2 Å². The molecule has 6 heterocycles. The highest BCUT2D eigenvalue weighted by molar-refractivity contribution is 5.53. The number of rotatable bonds is 6. The van der Waals surface area contributed by atoms with E-state index >= 15 is 0 Å². The van der Waals surface area contributed by atoms with Crippen LogP contribution in [-0.2, 0) is 13.0 Å². The Kier molecular flexibility index (Phi) is 6.59. The number of anilines is 1. The van der Waals surface area contributed by atoms with Crippen LogP contribution in [0.4, 0.5) is 10.2 Å². The maximum atomic E-state index is 15.0. The second kappa shape index (κ2) is 10.4. The molecule has 224 valence electrons. The first kappa shape index (κ1) is 26.7. The maximum Gasteiger partial charge on any atom is 0.318 e. The van der Waals surface area contributed by atoms with Crippen molar-refractivity contribution < 1.29 is 14.2 Å². The molecule has 4 unspecified atom stereocenters. The first-order valence-corrected chi connectivity index (χ1v) is 16.2. The average molecular weight is 575 g/mol. The monoisotopic (exact) mass is 574 g/mol. The van der Waals surface area contributed by atoms with Gasteiger partial charge in [0.15, 0.2) is 0 Å². The summed E-state index contributed by atoms with van der Waals surface area (Å²) in [6.45, 7) is 8.31. The van der Waals surface area contributed by atoms with Crippen LogP contribution in [-0.4, -0.2) is 81.8 Å². The molecule has 8 rings (SSSR count). The molecular weight excluding hydrogens is 531 g/mol. The SMILES string of the molecule is CCC1=C(F)C=CC2C=C(O)C=C(N3CCc4c(nc(OCC56CCCN5CCC6)nc4N4CC5CCC(C4)N5)C3)C12. The Bertz CT molecular complexity index is 1360. The number of nitrogens with one attached hydrogen (secondary N) is 1. The molecule has 1 aromatic heterocycles. The summed E-state index contributed by atoms with van der Waals surface area (Å²) in [5.74, 6) is 1.00. The molecule has 5 aliphatic heterocycles. The minimum atomic E-state index is -0.141. The molecule has 8 nitrogen and oxygen atoms in total. The molecule has 0 aromatic carbocycles. The number of hydrogen-bond donors (Lipinski definition) is 2. The minimum absolute atomic E-state index is 0.0444. The lowest BCUT2D eigenvalue weighted by molar-refractivity contribution is 0.107. The summed E-state index contributed by atoms with van der Waals surface area (Å²) in [5, 5.41) is 14.4. The molecule has 1 aromatic rings. The number of aromatic nitrogens is 2. The quantitative estimate of drug-likeness (QED) is 0.513. The van der Waals surface area contributed by atoms with E-state index in [1.807, 2.05) is 25.2 Å². The summed E-state index contributed by atoms with van der Waals surface area (Å²) < 4.78 is 21.5. The second-order valence-corrected chi connectivity index (χ2v) is 13.5. The van der Waals surface area contributed by atoms with Crippen LogP contribution in [0.3, 0.4) is 0 Å². The summed E-state index contributed by atoms with van der Waals surface area (Å²) in [5.41, 5.74) is 4.14. The molecule has 42 heavy (non-hydrogen) atoms. The molecule has 9 heteroatoms. The number of fused-ring (bicyclic) bond motifs is 5. The van der Waals surface area contributed by atoms with Crippen LogP contribution < -0.4 is 15.0 Å². The fourth-order valence-electron chi connectivity index (χ4n) is 9.05. The maximum absolute atomic E-state index is 15.0. The van der Waals surface area contributed by atoms with Crippen molar-refractivity contribution in [3.05, 3.63) is 58.4 Å². The lowest BCUT2D eigenvalue weighted by Crippen LogP contribution is -2.52. The number of ether oxygens (including phenoxy) is 1. The van der Waals surface area contributed by atoms with Gasteiger partial charge in [0.1, 0.15) is 24.0 Å². The average Bonchev–Trinajstić information content (AvgIpc) is 3.68. The van der Waals surface area contributed by atoms with E-state index in [0.29, 0.717) is 37.7 Å². The number of halogens is 1. The summed E-state index contributed by atoms with van der Waals surface area (Å²) in [4.78, 5) is 17.6. The molecule has 2 aliphatic carbocycles. The van der Waals surface area contributed by atoms with Crippen molar-refractivity contribution in [1.82, 2.24) is 25.1 Å². The van der Waals surface area contributed by atoms with Gasteiger partial charge in [-0.15, -0.1) is 0 Å². The Morgan fingerprint density at radius 3 is 2.64 bits per heavy atom. The van der Waals surface area contributed by atoms with E-state index in [1.165, 1.54) is 57.2 Å². The van der Waals surface area contributed by atoms with Gasteiger partial charge < -0.3 is 25.0 Å². The molecule has 2 N–H and O–H groups in total. The highest BCUT2D eigenvalue weighted by Crippen LogP contribution is 2.44. The highest BCUT2D eigenvalue weighted by Gasteiger charge is 2.45. The van der Waals surface area contributed by atoms with Crippen molar-refractivity contribution in [1.29, 1.82) is 0 Å². The predicted octanol–water partition coefficient (Wildman–Crippen LogP) is 4.56. The number of hydrogen-bond acceptors (Lipinski definition) is 8. The van der Waals surface area contributed by atoms with Crippen LogP contribution in [0, 0.1) is 11.8 Å². The third kappa shape index (κ3) is 4.46. The zero-order chi connectivity index (χ0) is 28.4. The normalized spacial score (nSPS) is 31.6. The summed E-state index contributed by atoms with van der Waals surface area (Å²) in [6, 6.07) is 1.51. The molecule has 0 amide bonds. The third-order valence-corrected chi connectivity index (χ3v) is 11.1. The van der Waals surface area contributed by atoms with E-state index < -0.39 is 0 Å². The number of nitrogens with zero attached hydrogens (tertiary/aromatic N) is 5. The van der Waals surface area contributed by atoms with Crippen LogP contribution in [0.5, 0.6) is 6.01 Å². The van der Waals surface area contributed by atoms with Crippen LogP contribution in [0.2, 0.25) is 0 Å². The first-order valence-electron chi connectivity index (χ1n) is 16.2. The second-order valence-electron chi connectivity index (χ2n) is 13.5. The van der Waals surface area contributed by atoms with Crippen LogP contribution >= 0.6 is 0 Å². The van der Waals surface area contributed by atoms with Gasteiger partial charge in [0.05, 0.1) is 17.8 Å². The molecular formula is C33H43FN6O2. The smallest absolute Gasteiger partial charge is 0.318 e.